The zero-order valence-corrected chi connectivity index (χ0v) is 15.1. The van der Waals surface area contributed by atoms with Crippen molar-refractivity contribution < 1.29 is 19.0 Å². The Hall–Kier alpha value is -2.17. The number of ether oxygens (including phenoxy) is 3. The van der Waals surface area contributed by atoms with Crippen molar-refractivity contribution in [3.63, 3.8) is 0 Å². The third kappa shape index (κ3) is 6.69. The minimum absolute atomic E-state index is 0.224. The predicted octanol–water partition coefficient (Wildman–Crippen LogP) is 4.13. The van der Waals surface area contributed by atoms with Crippen LogP contribution in [0.5, 0.6) is 0 Å². The van der Waals surface area contributed by atoms with Gasteiger partial charge in [-0.25, -0.2) is 0 Å². The summed E-state index contributed by atoms with van der Waals surface area (Å²) < 4.78 is 17.3. The van der Waals surface area contributed by atoms with Crippen LogP contribution < -0.4 is 0 Å². The molecule has 134 valence electrons. The number of esters is 1. The van der Waals surface area contributed by atoms with E-state index in [2.05, 4.69) is 0 Å². The predicted molar refractivity (Wildman–Crippen MR) is 96.9 cm³/mol. The monoisotopic (exact) mass is 342 g/mol. The van der Waals surface area contributed by atoms with E-state index in [1.165, 1.54) is 6.92 Å². The smallest absolute Gasteiger partial charge is 0.302 e. The summed E-state index contributed by atoms with van der Waals surface area (Å²) in [6.45, 7) is 6.11. The second-order valence-electron chi connectivity index (χ2n) is 6.08. The summed E-state index contributed by atoms with van der Waals surface area (Å²) in [5.74, 6) is -0.323. The Labute approximate surface area is 149 Å². The zero-order chi connectivity index (χ0) is 18.1. The van der Waals surface area contributed by atoms with Gasteiger partial charge < -0.3 is 14.2 Å². The van der Waals surface area contributed by atoms with Gasteiger partial charge in [0.1, 0.15) is 12.2 Å². The SMILES string of the molecule is CC(=O)O[C@@H](C)[C@H](OCc1ccccc1)[C@H](C)OCc1ccccc1. The Morgan fingerprint density at radius 2 is 1.28 bits per heavy atom. The Bertz CT molecular complexity index is 627. The lowest BCUT2D eigenvalue weighted by Crippen LogP contribution is -2.40. The quantitative estimate of drug-likeness (QED) is 0.643. The molecule has 0 N–H and O–H groups in total. The minimum atomic E-state index is -0.396. The largest absolute Gasteiger partial charge is 0.460 e. The molecule has 2 rings (SSSR count). The van der Waals surface area contributed by atoms with Crippen molar-refractivity contribution in [1.29, 1.82) is 0 Å². The molecular formula is C21H26O4. The van der Waals surface area contributed by atoms with Crippen molar-refractivity contribution in [3.05, 3.63) is 71.8 Å². The van der Waals surface area contributed by atoms with E-state index in [4.69, 9.17) is 14.2 Å². The van der Waals surface area contributed by atoms with Gasteiger partial charge in [-0.3, -0.25) is 4.79 Å². The Morgan fingerprint density at radius 3 is 1.76 bits per heavy atom. The van der Waals surface area contributed by atoms with Gasteiger partial charge in [-0.1, -0.05) is 60.7 Å². The first-order valence-corrected chi connectivity index (χ1v) is 8.54. The number of benzene rings is 2. The molecule has 4 heteroatoms. The molecule has 0 heterocycles. The molecule has 3 atom stereocenters. The molecule has 0 spiro atoms. The van der Waals surface area contributed by atoms with Gasteiger partial charge in [-0.05, 0) is 25.0 Å². The highest BCUT2D eigenvalue weighted by Crippen LogP contribution is 2.16. The molecular weight excluding hydrogens is 316 g/mol. The van der Waals surface area contributed by atoms with Crippen LogP contribution in [0.25, 0.3) is 0 Å². The molecule has 0 bridgehead atoms. The second-order valence-corrected chi connectivity index (χ2v) is 6.08. The Kier molecular flexibility index (Phi) is 7.64. The lowest BCUT2D eigenvalue weighted by Gasteiger charge is -2.29. The first-order valence-electron chi connectivity index (χ1n) is 8.54. The van der Waals surface area contributed by atoms with Crippen molar-refractivity contribution in [2.75, 3.05) is 0 Å². The third-order valence-corrected chi connectivity index (χ3v) is 3.92. The van der Waals surface area contributed by atoms with Crippen molar-refractivity contribution in [2.24, 2.45) is 0 Å². The fourth-order valence-electron chi connectivity index (χ4n) is 2.64. The van der Waals surface area contributed by atoms with E-state index in [-0.39, 0.29) is 18.2 Å². The van der Waals surface area contributed by atoms with Crippen molar-refractivity contribution in [2.45, 2.75) is 52.3 Å². The Balaban J connectivity index is 1.97. The highest BCUT2D eigenvalue weighted by Gasteiger charge is 2.27. The molecule has 0 aliphatic rings. The molecule has 0 amide bonds. The summed E-state index contributed by atoms with van der Waals surface area (Å²) in [4.78, 5) is 11.3. The maximum absolute atomic E-state index is 11.3. The van der Waals surface area contributed by atoms with Gasteiger partial charge in [0.15, 0.2) is 0 Å². The van der Waals surface area contributed by atoms with Gasteiger partial charge in [-0.2, -0.15) is 0 Å². The lowest BCUT2D eigenvalue weighted by molar-refractivity contribution is -0.166. The maximum Gasteiger partial charge on any atom is 0.302 e. The van der Waals surface area contributed by atoms with E-state index in [1.807, 2.05) is 74.5 Å². The number of carbonyl (C=O) groups excluding carboxylic acids is 1. The normalized spacial score (nSPS) is 14.5. The van der Waals surface area contributed by atoms with Crippen LogP contribution in [0, 0.1) is 0 Å². The van der Waals surface area contributed by atoms with Crippen LogP contribution in [-0.2, 0) is 32.2 Å². The van der Waals surface area contributed by atoms with Crippen molar-refractivity contribution in [3.8, 4) is 0 Å². The highest BCUT2D eigenvalue weighted by molar-refractivity contribution is 5.66. The van der Waals surface area contributed by atoms with E-state index in [0.717, 1.165) is 11.1 Å². The average molecular weight is 342 g/mol. The zero-order valence-electron chi connectivity index (χ0n) is 15.1. The van der Waals surface area contributed by atoms with Crippen LogP contribution in [0.2, 0.25) is 0 Å². The first-order chi connectivity index (χ1) is 12.1. The number of hydrogen-bond donors (Lipinski definition) is 0. The molecule has 4 nitrogen and oxygen atoms in total. The molecule has 2 aromatic carbocycles. The molecule has 0 unspecified atom stereocenters. The van der Waals surface area contributed by atoms with Crippen LogP contribution in [-0.4, -0.2) is 24.3 Å². The van der Waals surface area contributed by atoms with Gasteiger partial charge >= 0.3 is 5.97 Å². The molecule has 0 aromatic heterocycles. The molecule has 0 radical (unpaired) electrons. The molecule has 0 aliphatic carbocycles. The van der Waals surface area contributed by atoms with E-state index in [0.29, 0.717) is 13.2 Å². The minimum Gasteiger partial charge on any atom is -0.460 e. The summed E-state index contributed by atoms with van der Waals surface area (Å²) in [7, 11) is 0. The molecule has 25 heavy (non-hydrogen) atoms. The number of rotatable bonds is 9. The first kappa shape index (κ1) is 19.2. The van der Waals surface area contributed by atoms with E-state index in [9.17, 15) is 4.79 Å². The summed E-state index contributed by atoms with van der Waals surface area (Å²) in [5, 5.41) is 0. The summed E-state index contributed by atoms with van der Waals surface area (Å²) in [5.41, 5.74) is 2.16. The third-order valence-electron chi connectivity index (χ3n) is 3.92. The van der Waals surface area contributed by atoms with Gasteiger partial charge in [0, 0.05) is 6.92 Å². The summed E-state index contributed by atoms with van der Waals surface area (Å²) in [6, 6.07) is 19.9. The fraction of sp³-hybridized carbons (Fsp3) is 0.381. The van der Waals surface area contributed by atoms with Gasteiger partial charge in [0.2, 0.25) is 0 Å². The van der Waals surface area contributed by atoms with Crippen molar-refractivity contribution >= 4 is 5.97 Å². The van der Waals surface area contributed by atoms with E-state index in [1.54, 1.807) is 0 Å². The summed E-state index contributed by atoms with van der Waals surface area (Å²) >= 11 is 0. The van der Waals surface area contributed by atoms with Crippen molar-refractivity contribution in [1.82, 2.24) is 0 Å². The highest BCUT2D eigenvalue weighted by atomic mass is 16.6. The maximum atomic E-state index is 11.3. The molecule has 0 fully saturated rings. The Morgan fingerprint density at radius 1 is 0.800 bits per heavy atom. The van der Waals surface area contributed by atoms with Crippen LogP contribution in [0.15, 0.2) is 60.7 Å². The van der Waals surface area contributed by atoms with Crippen LogP contribution >= 0.6 is 0 Å². The fourth-order valence-corrected chi connectivity index (χ4v) is 2.64. The second kappa shape index (κ2) is 9.97. The number of carbonyl (C=O) groups is 1. The molecule has 0 saturated heterocycles. The van der Waals surface area contributed by atoms with Crippen LogP contribution in [0.3, 0.4) is 0 Å². The van der Waals surface area contributed by atoms with Gasteiger partial charge in [0.05, 0.1) is 19.3 Å². The average Bonchev–Trinajstić information content (AvgIpc) is 2.61. The standard InChI is InChI=1S/C21H26O4/c1-16(23-14-19-10-6-4-7-11-19)21(17(2)25-18(3)22)24-15-20-12-8-5-9-13-20/h4-13,16-17,21H,14-15H2,1-3H3/t16-,17-,21+/m0/s1. The summed E-state index contributed by atoms with van der Waals surface area (Å²) in [6.07, 6.45) is -0.974. The molecule has 2 aromatic rings. The van der Waals surface area contributed by atoms with Crippen LogP contribution in [0.4, 0.5) is 0 Å². The topological polar surface area (TPSA) is 44.8 Å². The van der Waals surface area contributed by atoms with E-state index < -0.39 is 6.10 Å². The van der Waals surface area contributed by atoms with Crippen LogP contribution in [0.1, 0.15) is 31.9 Å². The number of hydrogen-bond acceptors (Lipinski definition) is 4. The van der Waals surface area contributed by atoms with E-state index >= 15 is 0 Å². The molecule has 0 saturated carbocycles. The van der Waals surface area contributed by atoms with Gasteiger partial charge in [-0.15, -0.1) is 0 Å². The molecule has 0 aliphatic heterocycles. The van der Waals surface area contributed by atoms with Gasteiger partial charge in [0.25, 0.3) is 0 Å². The lowest BCUT2D eigenvalue weighted by atomic mass is 10.1.